The minimum Gasteiger partial charge on any atom is -0.352 e. The number of hydrogen-bond donors (Lipinski definition) is 2. The standard InChI is InChI=1S/C21H24N4O4/c1-15(2)17-7-5-16(6-8-17)14-23-24-20(26)4-3-13-22-21(27)18-9-11-19(12-10-18)25(28)29/h5-12,14-15H,3-4,13H2,1-2H3,(H,22,27)(H,24,26)/b23-14+. The Bertz CT molecular complexity index is 875. The minimum atomic E-state index is -0.524. The van der Waals surface area contributed by atoms with Crippen LogP contribution in [0.15, 0.2) is 53.6 Å². The number of nitrogens with one attached hydrogen (secondary N) is 2. The van der Waals surface area contributed by atoms with Crippen LogP contribution in [0.4, 0.5) is 5.69 Å². The number of non-ortho nitro benzene ring substituents is 1. The van der Waals surface area contributed by atoms with Crippen LogP contribution >= 0.6 is 0 Å². The van der Waals surface area contributed by atoms with Gasteiger partial charge in [0.2, 0.25) is 5.91 Å². The van der Waals surface area contributed by atoms with Crippen molar-refractivity contribution < 1.29 is 14.5 Å². The second kappa shape index (κ2) is 10.7. The van der Waals surface area contributed by atoms with Crippen LogP contribution in [0.1, 0.15) is 54.1 Å². The molecule has 8 heteroatoms. The van der Waals surface area contributed by atoms with Crippen molar-refractivity contribution >= 4 is 23.7 Å². The van der Waals surface area contributed by atoms with Crippen LogP contribution in [0.3, 0.4) is 0 Å². The zero-order valence-electron chi connectivity index (χ0n) is 16.4. The number of rotatable bonds is 9. The topological polar surface area (TPSA) is 114 Å². The van der Waals surface area contributed by atoms with Crippen molar-refractivity contribution in [3.63, 3.8) is 0 Å². The molecule has 2 amide bonds. The van der Waals surface area contributed by atoms with E-state index in [4.69, 9.17) is 0 Å². The van der Waals surface area contributed by atoms with E-state index >= 15 is 0 Å². The molecule has 0 aromatic heterocycles. The van der Waals surface area contributed by atoms with Crippen molar-refractivity contribution in [3.8, 4) is 0 Å². The van der Waals surface area contributed by atoms with Gasteiger partial charge in [0, 0.05) is 30.7 Å². The van der Waals surface area contributed by atoms with E-state index in [0.717, 1.165) is 5.56 Å². The zero-order valence-corrected chi connectivity index (χ0v) is 16.4. The Balaban J connectivity index is 1.67. The number of nitrogens with zero attached hydrogens (tertiary/aromatic N) is 2. The predicted molar refractivity (Wildman–Crippen MR) is 111 cm³/mol. The highest BCUT2D eigenvalue weighted by molar-refractivity contribution is 5.94. The third-order valence-electron chi connectivity index (χ3n) is 4.21. The fourth-order valence-corrected chi connectivity index (χ4v) is 2.49. The summed E-state index contributed by atoms with van der Waals surface area (Å²) in [6.45, 7) is 4.55. The third-order valence-corrected chi connectivity index (χ3v) is 4.21. The van der Waals surface area contributed by atoms with Crippen LogP contribution in [0.5, 0.6) is 0 Å². The molecule has 8 nitrogen and oxygen atoms in total. The maximum Gasteiger partial charge on any atom is 0.269 e. The molecule has 0 fully saturated rings. The maximum absolute atomic E-state index is 12.0. The van der Waals surface area contributed by atoms with E-state index in [1.165, 1.54) is 29.8 Å². The average molecular weight is 396 g/mol. The van der Waals surface area contributed by atoms with E-state index in [0.29, 0.717) is 24.4 Å². The van der Waals surface area contributed by atoms with E-state index < -0.39 is 4.92 Å². The van der Waals surface area contributed by atoms with Crippen molar-refractivity contribution in [2.75, 3.05) is 6.54 Å². The van der Waals surface area contributed by atoms with Gasteiger partial charge in [-0.1, -0.05) is 38.1 Å². The number of nitro groups is 1. The predicted octanol–water partition coefficient (Wildman–Crippen LogP) is 3.38. The first-order valence-electron chi connectivity index (χ1n) is 9.31. The summed E-state index contributed by atoms with van der Waals surface area (Å²) >= 11 is 0. The second-order valence-corrected chi connectivity index (χ2v) is 6.78. The number of hydrogen-bond acceptors (Lipinski definition) is 5. The number of carbonyl (C=O) groups is 2. The molecule has 0 aliphatic heterocycles. The number of nitro benzene ring substituents is 1. The largest absolute Gasteiger partial charge is 0.352 e. The van der Waals surface area contributed by atoms with Crippen LogP contribution in [-0.4, -0.2) is 29.5 Å². The SMILES string of the molecule is CC(C)c1ccc(/C=N/NC(=O)CCCNC(=O)c2ccc([N+](=O)[O-])cc2)cc1. The Labute approximate surface area is 169 Å². The van der Waals surface area contributed by atoms with Crippen molar-refractivity contribution in [1.82, 2.24) is 10.7 Å². The molecule has 0 aliphatic carbocycles. The molecule has 2 rings (SSSR count). The Morgan fingerprint density at radius 1 is 1.10 bits per heavy atom. The lowest BCUT2D eigenvalue weighted by Gasteiger charge is -2.05. The first-order valence-corrected chi connectivity index (χ1v) is 9.31. The van der Waals surface area contributed by atoms with E-state index in [1.807, 2.05) is 24.3 Å². The van der Waals surface area contributed by atoms with Gasteiger partial charge in [-0.15, -0.1) is 0 Å². The van der Waals surface area contributed by atoms with Gasteiger partial charge in [-0.25, -0.2) is 5.43 Å². The molecule has 2 aromatic rings. The number of benzene rings is 2. The van der Waals surface area contributed by atoms with Gasteiger partial charge in [-0.2, -0.15) is 5.10 Å². The van der Waals surface area contributed by atoms with Gasteiger partial charge in [-0.05, 0) is 35.6 Å². The summed E-state index contributed by atoms with van der Waals surface area (Å²) in [4.78, 5) is 33.8. The maximum atomic E-state index is 12.0. The van der Waals surface area contributed by atoms with Gasteiger partial charge >= 0.3 is 0 Å². The van der Waals surface area contributed by atoms with Crippen LogP contribution < -0.4 is 10.7 Å². The fourth-order valence-electron chi connectivity index (χ4n) is 2.49. The summed E-state index contributed by atoms with van der Waals surface area (Å²) in [5.74, 6) is -0.130. The third kappa shape index (κ3) is 7.17. The number of hydrazone groups is 1. The van der Waals surface area contributed by atoms with Crippen molar-refractivity contribution in [2.45, 2.75) is 32.6 Å². The summed E-state index contributed by atoms with van der Waals surface area (Å²) < 4.78 is 0. The normalized spacial score (nSPS) is 10.9. The summed E-state index contributed by atoms with van der Waals surface area (Å²) in [7, 11) is 0. The van der Waals surface area contributed by atoms with Crippen molar-refractivity contribution in [2.24, 2.45) is 5.10 Å². The number of amides is 2. The van der Waals surface area contributed by atoms with Crippen molar-refractivity contribution in [1.29, 1.82) is 0 Å². The van der Waals surface area contributed by atoms with Gasteiger partial charge in [0.05, 0.1) is 11.1 Å². The monoisotopic (exact) mass is 396 g/mol. The van der Waals surface area contributed by atoms with Crippen LogP contribution in [0, 0.1) is 10.1 Å². The molecule has 0 unspecified atom stereocenters. The molecule has 0 bridgehead atoms. The van der Waals surface area contributed by atoms with Gasteiger partial charge in [0.25, 0.3) is 11.6 Å². The lowest BCUT2D eigenvalue weighted by Crippen LogP contribution is -2.26. The van der Waals surface area contributed by atoms with Crippen LogP contribution in [0.25, 0.3) is 0 Å². The molecule has 0 radical (unpaired) electrons. The molecule has 152 valence electrons. The van der Waals surface area contributed by atoms with Crippen molar-refractivity contribution in [3.05, 3.63) is 75.3 Å². The first-order chi connectivity index (χ1) is 13.9. The Morgan fingerprint density at radius 3 is 2.34 bits per heavy atom. The van der Waals surface area contributed by atoms with E-state index in [-0.39, 0.29) is 23.9 Å². The molecule has 0 spiro atoms. The molecule has 0 atom stereocenters. The summed E-state index contributed by atoms with van der Waals surface area (Å²) in [6, 6.07) is 13.3. The van der Waals surface area contributed by atoms with Gasteiger partial charge < -0.3 is 5.32 Å². The Morgan fingerprint density at radius 2 is 1.76 bits per heavy atom. The minimum absolute atomic E-state index is 0.0744. The number of carbonyl (C=O) groups excluding carboxylic acids is 2. The molecular weight excluding hydrogens is 372 g/mol. The summed E-state index contributed by atoms with van der Waals surface area (Å²) in [5.41, 5.74) is 4.84. The summed E-state index contributed by atoms with van der Waals surface area (Å²) in [5, 5.41) is 17.2. The Kier molecular flexibility index (Phi) is 8.02. The quantitative estimate of drug-likeness (QED) is 0.293. The molecular formula is C21H24N4O4. The fraction of sp³-hybridized carbons (Fsp3) is 0.286. The highest BCUT2D eigenvalue weighted by Gasteiger charge is 2.09. The highest BCUT2D eigenvalue weighted by Crippen LogP contribution is 2.14. The van der Waals surface area contributed by atoms with E-state index in [9.17, 15) is 19.7 Å². The van der Waals surface area contributed by atoms with Gasteiger partial charge in [-0.3, -0.25) is 19.7 Å². The smallest absolute Gasteiger partial charge is 0.269 e. The highest BCUT2D eigenvalue weighted by atomic mass is 16.6. The second-order valence-electron chi connectivity index (χ2n) is 6.78. The molecule has 2 aromatic carbocycles. The lowest BCUT2D eigenvalue weighted by molar-refractivity contribution is -0.384. The molecule has 2 N–H and O–H groups in total. The first kappa shape index (κ1) is 21.7. The molecule has 0 heterocycles. The zero-order chi connectivity index (χ0) is 21.2. The molecule has 29 heavy (non-hydrogen) atoms. The van der Waals surface area contributed by atoms with Gasteiger partial charge in [0.15, 0.2) is 0 Å². The van der Waals surface area contributed by atoms with Crippen LogP contribution in [-0.2, 0) is 4.79 Å². The van der Waals surface area contributed by atoms with Crippen LogP contribution in [0.2, 0.25) is 0 Å². The Hall–Kier alpha value is -3.55. The molecule has 0 saturated carbocycles. The molecule has 0 saturated heterocycles. The molecule has 0 aliphatic rings. The van der Waals surface area contributed by atoms with E-state index in [2.05, 4.69) is 29.7 Å². The van der Waals surface area contributed by atoms with Gasteiger partial charge in [0.1, 0.15) is 0 Å². The summed E-state index contributed by atoms with van der Waals surface area (Å²) in [6.07, 6.45) is 2.24. The lowest BCUT2D eigenvalue weighted by atomic mass is 10.0. The average Bonchev–Trinajstić information content (AvgIpc) is 2.71. The van der Waals surface area contributed by atoms with E-state index in [1.54, 1.807) is 6.21 Å².